The minimum Gasteiger partial charge on any atom is -0.343 e. The van der Waals surface area contributed by atoms with Gasteiger partial charge in [0.1, 0.15) is 11.5 Å². The number of anilines is 3. The molecular formula is C17H16N6O. The Bertz CT molecular complexity index is 905. The highest BCUT2D eigenvalue weighted by atomic mass is 16.2. The maximum absolute atomic E-state index is 12.8. The van der Waals surface area contributed by atoms with Crippen LogP contribution < -0.4 is 9.80 Å². The largest absolute Gasteiger partial charge is 0.343 e. The predicted octanol–water partition coefficient (Wildman–Crippen LogP) is 2.61. The van der Waals surface area contributed by atoms with Gasteiger partial charge in [-0.05, 0) is 31.2 Å². The fraction of sp³-hybridized carbons (Fsp3) is 0.176. The first-order chi connectivity index (χ1) is 11.7. The normalized spacial score (nSPS) is 13.5. The van der Waals surface area contributed by atoms with E-state index in [4.69, 9.17) is 4.98 Å². The highest BCUT2D eigenvalue weighted by Crippen LogP contribution is 2.38. The highest BCUT2D eigenvalue weighted by molar-refractivity contribution is 6.12. The number of fused-ring (bicyclic) bond motifs is 2. The summed E-state index contributed by atoms with van der Waals surface area (Å²) < 4.78 is 0. The average Bonchev–Trinajstić information content (AvgIpc) is 3.13. The Morgan fingerprint density at radius 3 is 2.75 bits per heavy atom. The lowest BCUT2D eigenvalue weighted by Gasteiger charge is -2.23. The van der Waals surface area contributed by atoms with Gasteiger partial charge in [0.05, 0.1) is 11.3 Å². The van der Waals surface area contributed by atoms with Gasteiger partial charge >= 0.3 is 0 Å². The van der Waals surface area contributed by atoms with Gasteiger partial charge in [-0.2, -0.15) is 0 Å². The molecule has 7 heteroatoms. The van der Waals surface area contributed by atoms with E-state index >= 15 is 0 Å². The van der Waals surface area contributed by atoms with Crippen LogP contribution in [0.5, 0.6) is 0 Å². The average molecular weight is 320 g/mol. The van der Waals surface area contributed by atoms with E-state index in [9.17, 15) is 4.79 Å². The summed E-state index contributed by atoms with van der Waals surface area (Å²) in [7, 11) is 1.76. The number of carbonyl (C=O) groups excluding carboxylic acids is 1. The number of nitrogens with one attached hydrogen (secondary N) is 1. The minimum absolute atomic E-state index is 0.0946. The molecule has 1 aliphatic rings. The molecule has 3 aromatic rings. The Labute approximate surface area is 139 Å². The Kier molecular flexibility index (Phi) is 3.26. The van der Waals surface area contributed by atoms with E-state index in [1.165, 1.54) is 0 Å². The minimum atomic E-state index is -0.0946. The predicted molar refractivity (Wildman–Crippen MR) is 91.5 cm³/mol. The van der Waals surface area contributed by atoms with Crippen molar-refractivity contribution in [2.24, 2.45) is 0 Å². The van der Waals surface area contributed by atoms with Crippen LogP contribution in [0.1, 0.15) is 17.3 Å². The van der Waals surface area contributed by atoms with Crippen molar-refractivity contribution in [3.05, 3.63) is 48.4 Å². The maximum atomic E-state index is 12.8. The van der Waals surface area contributed by atoms with Crippen LogP contribution in [0.15, 0.2) is 42.9 Å². The first-order valence-electron chi connectivity index (χ1n) is 7.72. The summed E-state index contributed by atoms with van der Waals surface area (Å²) in [6.45, 7) is 2.66. The third kappa shape index (κ3) is 2.05. The van der Waals surface area contributed by atoms with Crippen molar-refractivity contribution in [2.45, 2.75) is 6.92 Å². The van der Waals surface area contributed by atoms with Crippen LogP contribution >= 0.6 is 0 Å². The molecule has 7 nitrogen and oxygen atoms in total. The lowest BCUT2D eigenvalue weighted by molar-refractivity contribution is 0.0994. The van der Waals surface area contributed by atoms with Crippen molar-refractivity contribution in [1.82, 2.24) is 19.9 Å². The molecule has 0 aromatic carbocycles. The molecule has 1 amide bonds. The molecule has 0 atom stereocenters. The first-order valence-corrected chi connectivity index (χ1v) is 7.72. The molecule has 120 valence electrons. The van der Waals surface area contributed by atoms with Gasteiger partial charge < -0.3 is 14.8 Å². The van der Waals surface area contributed by atoms with Gasteiger partial charge in [-0.1, -0.05) is 0 Å². The number of pyridine rings is 2. The third-order valence-electron chi connectivity index (χ3n) is 4.11. The van der Waals surface area contributed by atoms with Crippen LogP contribution in [0, 0.1) is 0 Å². The van der Waals surface area contributed by atoms with Gasteiger partial charge in [0.2, 0.25) is 0 Å². The molecule has 3 aromatic heterocycles. The Morgan fingerprint density at radius 1 is 1.12 bits per heavy atom. The van der Waals surface area contributed by atoms with Crippen LogP contribution in [0.25, 0.3) is 11.5 Å². The van der Waals surface area contributed by atoms with Gasteiger partial charge in [0, 0.05) is 32.2 Å². The molecule has 0 saturated carbocycles. The summed E-state index contributed by atoms with van der Waals surface area (Å²) in [5, 5.41) is 0. The lowest BCUT2D eigenvalue weighted by Crippen LogP contribution is -2.25. The molecule has 0 fully saturated rings. The molecule has 0 unspecified atom stereocenters. The Balaban J connectivity index is 1.96. The summed E-state index contributed by atoms with van der Waals surface area (Å²) >= 11 is 0. The van der Waals surface area contributed by atoms with Gasteiger partial charge in [-0.15, -0.1) is 0 Å². The molecule has 0 bridgehead atoms. The molecular weight excluding hydrogens is 304 g/mol. The smallest absolute Gasteiger partial charge is 0.261 e. The quantitative estimate of drug-likeness (QED) is 0.785. The Hall–Kier alpha value is -3.22. The number of rotatable bonds is 2. The zero-order valence-corrected chi connectivity index (χ0v) is 13.4. The summed E-state index contributed by atoms with van der Waals surface area (Å²) in [5.41, 5.74) is 2.03. The number of carbonyl (C=O) groups is 1. The number of hydrogen-bond donors (Lipinski definition) is 1. The number of imidazole rings is 1. The van der Waals surface area contributed by atoms with E-state index in [2.05, 4.69) is 15.0 Å². The lowest BCUT2D eigenvalue weighted by atomic mass is 10.2. The summed E-state index contributed by atoms with van der Waals surface area (Å²) in [4.78, 5) is 32.8. The highest BCUT2D eigenvalue weighted by Gasteiger charge is 2.30. The van der Waals surface area contributed by atoms with Crippen molar-refractivity contribution in [2.75, 3.05) is 23.4 Å². The molecule has 4 heterocycles. The van der Waals surface area contributed by atoms with Crippen LogP contribution in [0.2, 0.25) is 0 Å². The second-order valence-corrected chi connectivity index (χ2v) is 5.46. The van der Waals surface area contributed by atoms with Gasteiger partial charge in [0.15, 0.2) is 11.6 Å². The fourth-order valence-electron chi connectivity index (χ4n) is 2.91. The molecule has 1 aliphatic heterocycles. The molecule has 0 aliphatic carbocycles. The second-order valence-electron chi connectivity index (χ2n) is 5.46. The van der Waals surface area contributed by atoms with Crippen LogP contribution in [0.4, 0.5) is 17.3 Å². The van der Waals surface area contributed by atoms with Gasteiger partial charge in [-0.3, -0.25) is 4.79 Å². The van der Waals surface area contributed by atoms with Crippen molar-refractivity contribution >= 4 is 23.2 Å². The van der Waals surface area contributed by atoms with Gasteiger partial charge in [0.25, 0.3) is 5.91 Å². The third-order valence-corrected chi connectivity index (χ3v) is 4.11. The topological polar surface area (TPSA) is 78.0 Å². The second kappa shape index (κ2) is 5.45. The maximum Gasteiger partial charge on any atom is 0.261 e. The summed E-state index contributed by atoms with van der Waals surface area (Å²) in [6, 6.07) is 7.32. The van der Waals surface area contributed by atoms with Crippen molar-refractivity contribution in [3.63, 3.8) is 0 Å². The van der Waals surface area contributed by atoms with Gasteiger partial charge in [-0.25, -0.2) is 15.0 Å². The zero-order chi connectivity index (χ0) is 16.7. The monoisotopic (exact) mass is 320 g/mol. The van der Waals surface area contributed by atoms with E-state index in [0.29, 0.717) is 29.6 Å². The van der Waals surface area contributed by atoms with Crippen molar-refractivity contribution < 1.29 is 4.79 Å². The summed E-state index contributed by atoms with van der Waals surface area (Å²) in [6.07, 6.45) is 5.13. The van der Waals surface area contributed by atoms with Crippen LogP contribution in [-0.2, 0) is 0 Å². The van der Waals surface area contributed by atoms with Crippen LogP contribution in [0.3, 0.4) is 0 Å². The number of H-pyrrole nitrogens is 1. The zero-order valence-electron chi connectivity index (χ0n) is 13.4. The Morgan fingerprint density at radius 2 is 2.00 bits per heavy atom. The van der Waals surface area contributed by atoms with E-state index in [-0.39, 0.29) is 5.91 Å². The number of hydrogen-bond acceptors (Lipinski definition) is 5. The number of aromatic amines is 1. The molecule has 1 N–H and O–H groups in total. The molecule has 4 rings (SSSR count). The van der Waals surface area contributed by atoms with Crippen molar-refractivity contribution in [1.29, 1.82) is 0 Å². The SMILES string of the molecule is CCN1c2ncccc2C(=O)N(C)c2ccc(-c3ncc[nH]3)nc21. The first kappa shape index (κ1) is 14.4. The van der Waals surface area contributed by atoms with Crippen molar-refractivity contribution in [3.8, 4) is 11.5 Å². The van der Waals surface area contributed by atoms with E-state index in [0.717, 1.165) is 11.4 Å². The van der Waals surface area contributed by atoms with E-state index < -0.39 is 0 Å². The number of aromatic nitrogens is 4. The van der Waals surface area contributed by atoms with E-state index in [1.54, 1.807) is 42.7 Å². The number of amides is 1. The van der Waals surface area contributed by atoms with Crippen LogP contribution in [-0.4, -0.2) is 39.4 Å². The standard InChI is InChI=1S/C17H16N6O/c1-3-23-15-11(5-4-8-20-15)17(24)22(2)13-7-6-12(21-16(13)23)14-18-9-10-19-14/h4-10H,3H2,1-2H3,(H,18,19). The molecule has 24 heavy (non-hydrogen) atoms. The molecule has 0 radical (unpaired) electrons. The molecule has 0 saturated heterocycles. The summed E-state index contributed by atoms with van der Waals surface area (Å²) in [5.74, 6) is 1.91. The van der Waals surface area contributed by atoms with E-state index in [1.807, 2.05) is 24.0 Å². The molecule has 0 spiro atoms. The number of nitrogens with zero attached hydrogens (tertiary/aromatic N) is 5. The fourth-order valence-corrected chi connectivity index (χ4v) is 2.91.